The Hall–Kier alpha value is -3.29. The summed E-state index contributed by atoms with van der Waals surface area (Å²) < 4.78 is 3.26. The number of hydrogen-bond acceptors (Lipinski definition) is 5. The minimum Gasteiger partial charge on any atom is -0.298 e. The van der Waals surface area contributed by atoms with Crippen LogP contribution in [0.15, 0.2) is 64.4 Å². The van der Waals surface area contributed by atoms with Crippen LogP contribution in [0.1, 0.15) is 18.2 Å². The summed E-state index contributed by atoms with van der Waals surface area (Å²) in [6.07, 6.45) is 4.20. The molecule has 1 aromatic carbocycles. The van der Waals surface area contributed by atoms with E-state index < -0.39 is 0 Å². The number of hydrazine groups is 1. The quantitative estimate of drug-likeness (QED) is 0.526. The molecule has 0 saturated carbocycles. The fourth-order valence-electron chi connectivity index (χ4n) is 3.79. The molecule has 0 radical (unpaired) electrons. The van der Waals surface area contributed by atoms with Gasteiger partial charge >= 0.3 is 0 Å². The highest BCUT2D eigenvalue weighted by Gasteiger charge is 2.18. The van der Waals surface area contributed by atoms with E-state index in [1.54, 1.807) is 27.6 Å². The van der Waals surface area contributed by atoms with Gasteiger partial charge < -0.3 is 0 Å². The number of hydrogen-bond donors (Lipinski definition) is 2. The predicted octanol–water partition coefficient (Wildman–Crippen LogP) is 2.01. The molecule has 2 N–H and O–H groups in total. The number of fused-ring (bicyclic) bond motifs is 2. The van der Waals surface area contributed by atoms with Gasteiger partial charge in [0.1, 0.15) is 6.17 Å². The van der Waals surface area contributed by atoms with E-state index in [0.29, 0.717) is 21.8 Å². The minimum atomic E-state index is -0.184. The molecule has 28 heavy (non-hydrogen) atoms. The standard InChI is InChI=1S/C21H19N5O2/c1-13-4-2-3-5-18(13)25-10-7-16-14(20(25)27)12-15-17(23-16)8-11-26(21(15)28)19-6-9-22-24-19/h2-5,7-8,10-12,19,22,24H,6,9H2,1H3. The lowest BCUT2D eigenvalue weighted by Crippen LogP contribution is -2.34. The van der Waals surface area contributed by atoms with Gasteiger partial charge in [0.15, 0.2) is 0 Å². The van der Waals surface area contributed by atoms with E-state index in [-0.39, 0.29) is 17.3 Å². The average molecular weight is 373 g/mol. The van der Waals surface area contributed by atoms with Crippen LogP contribution in [0.3, 0.4) is 0 Å². The number of benzene rings is 1. The Balaban J connectivity index is 1.77. The van der Waals surface area contributed by atoms with Gasteiger partial charge in [0.05, 0.1) is 27.5 Å². The molecular weight excluding hydrogens is 354 g/mol. The fourth-order valence-corrected chi connectivity index (χ4v) is 3.79. The van der Waals surface area contributed by atoms with Crippen LogP contribution in [0.4, 0.5) is 0 Å². The van der Waals surface area contributed by atoms with Crippen molar-refractivity contribution in [2.45, 2.75) is 19.5 Å². The normalized spacial score (nSPS) is 16.8. The molecule has 1 atom stereocenters. The molecule has 7 nitrogen and oxygen atoms in total. The Bertz CT molecular complexity index is 1330. The summed E-state index contributed by atoms with van der Waals surface area (Å²) in [5, 5.41) is 0.883. The number of para-hydroxylation sites is 1. The summed E-state index contributed by atoms with van der Waals surface area (Å²) in [7, 11) is 0. The van der Waals surface area contributed by atoms with E-state index in [0.717, 1.165) is 24.2 Å². The molecule has 5 rings (SSSR count). The highest BCUT2D eigenvalue weighted by Crippen LogP contribution is 2.18. The topological polar surface area (TPSA) is 81.0 Å². The van der Waals surface area contributed by atoms with Gasteiger partial charge in [-0.1, -0.05) is 18.2 Å². The summed E-state index contributed by atoms with van der Waals surface area (Å²) in [6.45, 7) is 2.76. The molecular formula is C21H19N5O2. The second kappa shape index (κ2) is 6.40. The van der Waals surface area contributed by atoms with Crippen LogP contribution in [-0.4, -0.2) is 20.7 Å². The van der Waals surface area contributed by atoms with Crippen molar-refractivity contribution >= 4 is 21.8 Å². The van der Waals surface area contributed by atoms with Crippen LogP contribution in [0.2, 0.25) is 0 Å². The van der Waals surface area contributed by atoms with E-state index in [2.05, 4.69) is 15.8 Å². The van der Waals surface area contributed by atoms with Crippen LogP contribution in [0.25, 0.3) is 27.5 Å². The van der Waals surface area contributed by atoms with Crippen molar-refractivity contribution < 1.29 is 0 Å². The second-order valence-electron chi connectivity index (χ2n) is 7.04. The SMILES string of the molecule is Cc1ccccc1-n1ccc2nc3ccn(C4CCNN4)c(=O)c3cc2c1=O. The lowest BCUT2D eigenvalue weighted by atomic mass is 10.1. The third-order valence-electron chi connectivity index (χ3n) is 5.29. The smallest absolute Gasteiger partial charge is 0.264 e. The highest BCUT2D eigenvalue weighted by molar-refractivity contribution is 5.91. The number of pyridine rings is 3. The van der Waals surface area contributed by atoms with Gasteiger partial charge in [0.2, 0.25) is 0 Å². The zero-order valence-corrected chi connectivity index (χ0v) is 15.3. The van der Waals surface area contributed by atoms with Crippen molar-refractivity contribution in [2.75, 3.05) is 6.54 Å². The van der Waals surface area contributed by atoms with Crippen LogP contribution < -0.4 is 22.0 Å². The van der Waals surface area contributed by atoms with Crippen molar-refractivity contribution in [3.8, 4) is 5.69 Å². The summed E-state index contributed by atoms with van der Waals surface area (Å²) in [5.41, 5.74) is 8.78. The van der Waals surface area contributed by atoms with E-state index in [1.807, 2.05) is 43.3 Å². The van der Waals surface area contributed by atoms with Gasteiger partial charge in [-0.25, -0.2) is 10.4 Å². The number of aryl methyl sites for hydroxylation is 1. The molecule has 1 unspecified atom stereocenters. The van der Waals surface area contributed by atoms with Gasteiger partial charge in [-0.3, -0.25) is 24.1 Å². The summed E-state index contributed by atoms with van der Waals surface area (Å²) >= 11 is 0. The highest BCUT2D eigenvalue weighted by atomic mass is 16.1. The maximum atomic E-state index is 13.2. The largest absolute Gasteiger partial charge is 0.298 e. The van der Waals surface area contributed by atoms with E-state index in [4.69, 9.17) is 0 Å². The lowest BCUT2D eigenvalue weighted by Gasteiger charge is -2.14. The molecule has 1 aliphatic rings. The Kier molecular flexibility index (Phi) is 3.85. The first kappa shape index (κ1) is 16.9. The molecule has 4 aromatic rings. The van der Waals surface area contributed by atoms with E-state index >= 15 is 0 Å². The number of rotatable bonds is 2. The van der Waals surface area contributed by atoms with Crippen molar-refractivity contribution in [3.05, 3.63) is 81.1 Å². The molecule has 4 heterocycles. The summed E-state index contributed by atoms with van der Waals surface area (Å²) in [5.74, 6) is 0. The van der Waals surface area contributed by atoms with Crippen LogP contribution in [0, 0.1) is 6.92 Å². The monoisotopic (exact) mass is 373 g/mol. The minimum absolute atomic E-state index is 0.105. The molecule has 0 aliphatic carbocycles. The predicted molar refractivity (Wildman–Crippen MR) is 109 cm³/mol. The number of nitrogens with zero attached hydrogens (tertiary/aromatic N) is 3. The van der Waals surface area contributed by atoms with Crippen LogP contribution >= 0.6 is 0 Å². The molecule has 140 valence electrons. The first-order chi connectivity index (χ1) is 13.6. The van der Waals surface area contributed by atoms with Gasteiger partial charge in [0, 0.05) is 18.9 Å². The molecule has 0 bridgehead atoms. The average Bonchev–Trinajstić information content (AvgIpc) is 3.23. The first-order valence-electron chi connectivity index (χ1n) is 9.25. The van der Waals surface area contributed by atoms with E-state index in [1.165, 1.54) is 0 Å². The van der Waals surface area contributed by atoms with Crippen molar-refractivity contribution in [3.63, 3.8) is 0 Å². The molecule has 1 saturated heterocycles. The lowest BCUT2D eigenvalue weighted by molar-refractivity contribution is 0.432. The Morgan fingerprint density at radius 1 is 1.00 bits per heavy atom. The van der Waals surface area contributed by atoms with Gasteiger partial charge in [0.25, 0.3) is 11.1 Å². The Morgan fingerprint density at radius 3 is 2.50 bits per heavy atom. The number of aromatic nitrogens is 3. The third kappa shape index (κ3) is 2.56. The second-order valence-corrected chi connectivity index (χ2v) is 7.04. The summed E-state index contributed by atoms with van der Waals surface area (Å²) in [6, 6.07) is 13.0. The maximum Gasteiger partial charge on any atom is 0.264 e. The van der Waals surface area contributed by atoms with Crippen LogP contribution in [0.5, 0.6) is 0 Å². The zero-order chi connectivity index (χ0) is 19.3. The van der Waals surface area contributed by atoms with Gasteiger partial charge in [-0.05, 0) is 43.2 Å². The molecule has 7 heteroatoms. The number of nitrogens with one attached hydrogen (secondary N) is 2. The van der Waals surface area contributed by atoms with Crippen molar-refractivity contribution in [1.29, 1.82) is 0 Å². The molecule has 1 aliphatic heterocycles. The molecule has 0 amide bonds. The van der Waals surface area contributed by atoms with Gasteiger partial charge in [-0.15, -0.1) is 0 Å². The Labute approximate surface area is 160 Å². The third-order valence-corrected chi connectivity index (χ3v) is 5.29. The molecule has 0 spiro atoms. The Morgan fingerprint density at radius 2 is 1.75 bits per heavy atom. The van der Waals surface area contributed by atoms with Crippen molar-refractivity contribution in [1.82, 2.24) is 25.0 Å². The summed E-state index contributed by atoms with van der Waals surface area (Å²) in [4.78, 5) is 30.8. The molecule has 3 aromatic heterocycles. The van der Waals surface area contributed by atoms with Crippen LogP contribution in [-0.2, 0) is 0 Å². The molecule has 1 fully saturated rings. The van der Waals surface area contributed by atoms with Crippen molar-refractivity contribution in [2.24, 2.45) is 0 Å². The fraction of sp³-hybridized carbons (Fsp3) is 0.190. The zero-order valence-electron chi connectivity index (χ0n) is 15.3. The van der Waals surface area contributed by atoms with E-state index in [9.17, 15) is 9.59 Å². The van der Waals surface area contributed by atoms with Gasteiger partial charge in [-0.2, -0.15) is 0 Å². The maximum absolute atomic E-state index is 13.2. The first-order valence-corrected chi connectivity index (χ1v) is 9.25.